The Bertz CT molecular complexity index is 2390. The fourth-order valence-electron chi connectivity index (χ4n) is 5.96. The van der Waals surface area contributed by atoms with E-state index in [4.69, 9.17) is 4.42 Å². The van der Waals surface area contributed by atoms with Crippen LogP contribution in [0.2, 0.25) is 0 Å². The highest BCUT2D eigenvalue weighted by Gasteiger charge is 2.14. The van der Waals surface area contributed by atoms with Crippen LogP contribution in [0.15, 0.2) is 180 Å². The van der Waals surface area contributed by atoms with Crippen molar-refractivity contribution in [3.05, 3.63) is 175 Å². The molecule has 0 atom stereocenters. The molecular formula is C42H30BrNO. The van der Waals surface area contributed by atoms with E-state index in [0.29, 0.717) is 0 Å². The van der Waals surface area contributed by atoms with Gasteiger partial charge in [-0.05, 0) is 64.3 Å². The zero-order valence-electron chi connectivity index (χ0n) is 24.8. The summed E-state index contributed by atoms with van der Waals surface area (Å²) in [6, 6.07) is 38.4. The van der Waals surface area contributed by atoms with Crippen LogP contribution < -0.4 is 0 Å². The van der Waals surface area contributed by atoms with E-state index in [-0.39, 0.29) is 0 Å². The van der Waals surface area contributed by atoms with Gasteiger partial charge in [0, 0.05) is 37.3 Å². The molecule has 2 aromatic heterocycles. The molecular weight excluding hydrogens is 614 g/mol. The Kier molecular flexibility index (Phi) is 7.32. The zero-order valence-corrected chi connectivity index (χ0v) is 26.3. The monoisotopic (exact) mass is 643 g/mol. The van der Waals surface area contributed by atoms with Gasteiger partial charge in [-0.25, -0.2) is 0 Å². The van der Waals surface area contributed by atoms with Gasteiger partial charge < -0.3 is 8.98 Å². The molecule has 0 spiro atoms. The van der Waals surface area contributed by atoms with Crippen molar-refractivity contribution in [2.24, 2.45) is 0 Å². The smallest absolute Gasteiger partial charge is 0.143 e. The maximum Gasteiger partial charge on any atom is 0.143 e. The molecule has 0 amide bonds. The molecule has 216 valence electrons. The number of hydrogen-bond donors (Lipinski definition) is 0. The van der Waals surface area contributed by atoms with Crippen molar-refractivity contribution >= 4 is 65.4 Å². The van der Waals surface area contributed by atoms with Gasteiger partial charge in [0.25, 0.3) is 0 Å². The van der Waals surface area contributed by atoms with Crippen LogP contribution >= 0.6 is 15.9 Å². The first kappa shape index (κ1) is 28.4. The maximum absolute atomic E-state index is 6.29. The van der Waals surface area contributed by atoms with Crippen molar-refractivity contribution in [3.8, 4) is 22.3 Å². The topological polar surface area (TPSA) is 18.1 Å². The number of aromatic nitrogens is 1. The lowest BCUT2D eigenvalue weighted by atomic mass is 9.98. The van der Waals surface area contributed by atoms with Gasteiger partial charge >= 0.3 is 0 Å². The van der Waals surface area contributed by atoms with Crippen molar-refractivity contribution in [1.29, 1.82) is 0 Å². The van der Waals surface area contributed by atoms with E-state index >= 15 is 0 Å². The van der Waals surface area contributed by atoms with E-state index in [1.807, 2.05) is 36.4 Å². The third-order valence-electron chi connectivity index (χ3n) is 8.25. The second-order valence-corrected chi connectivity index (χ2v) is 12.1. The minimum atomic E-state index is 0.783. The molecule has 2 nitrogen and oxygen atoms in total. The molecule has 0 unspecified atom stereocenters. The molecule has 0 aliphatic carbocycles. The zero-order chi connectivity index (χ0) is 31.1. The fourth-order valence-corrected chi connectivity index (χ4v) is 6.09. The van der Waals surface area contributed by atoms with Crippen LogP contribution in [-0.2, 0) is 0 Å². The van der Waals surface area contributed by atoms with E-state index in [9.17, 15) is 0 Å². The lowest BCUT2D eigenvalue weighted by Crippen LogP contribution is -1.93. The molecule has 0 saturated carbocycles. The number of para-hydroxylation sites is 3. The summed E-state index contributed by atoms with van der Waals surface area (Å²) < 4.78 is 9.28. The van der Waals surface area contributed by atoms with Gasteiger partial charge in [-0.15, -0.1) is 0 Å². The standard InChI is InChI=1S/C42H30BrNO/c1-27(16-18-29(3)43)28(2)17-19-30(4)44-39-14-7-5-10-35(39)38-26-33(24-25-40(38)44)31-20-22-32(23-21-31)34-12-9-13-37-36-11-6-8-15-41(36)45-42(34)37/h5-26H,1-4H2. The highest BCUT2D eigenvalue weighted by molar-refractivity contribution is 9.11. The summed E-state index contributed by atoms with van der Waals surface area (Å²) in [7, 11) is 0. The first-order valence-corrected chi connectivity index (χ1v) is 15.5. The van der Waals surface area contributed by atoms with Crippen molar-refractivity contribution < 1.29 is 4.42 Å². The van der Waals surface area contributed by atoms with Crippen LogP contribution in [0.25, 0.3) is 71.7 Å². The Balaban J connectivity index is 1.23. The van der Waals surface area contributed by atoms with Crippen molar-refractivity contribution in [3.63, 3.8) is 0 Å². The molecule has 0 saturated heterocycles. The molecule has 0 radical (unpaired) electrons. The summed E-state index contributed by atoms with van der Waals surface area (Å²) in [5.41, 5.74) is 11.0. The summed E-state index contributed by atoms with van der Waals surface area (Å²) in [6.45, 7) is 16.5. The maximum atomic E-state index is 6.29. The summed E-state index contributed by atoms with van der Waals surface area (Å²) in [5.74, 6) is 0. The lowest BCUT2D eigenvalue weighted by molar-refractivity contribution is 0.670. The minimum absolute atomic E-state index is 0.783. The second-order valence-electron chi connectivity index (χ2n) is 11.1. The Labute approximate surface area is 271 Å². The highest BCUT2D eigenvalue weighted by Crippen LogP contribution is 2.38. The van der Waals surface area contributed by atoms with Gasteiger partial charge in [0.05, 0.1) is 11.0 Å². The summed E-state index contributed by atoms with van der Waals surface area (Å²) >= 11 is 3.34. The molecule has 0 aliphatic rings. The first-order chi connectivity index (χ1) is 21.9. The van der Waals surface area contributed by atoms with Gasteiger partial charge in [0.15, 0.2) is 0 Å². The molecule has 0 N–H and O–H groups in total. The summed E-state index contributed by atoms with van der Waals surface area (Å²) in [6.07, 6.45) is 7.69. The predicted molar refractivity (Wildman–Crippen MR) is 198 cm³/mol. The molecule has 2 heterocycles. The van der Waals surface area contributed by atoms with Gasteiger partial charge in [-0.2, -0.15) is 0 Å². The number of hydrogen-bond acceptors (Lipinski definition) is 1. The van der Waals surface area contributed by atoms with Crippen molar-refractivity contribution in [2.45, 2.75) is 0 Å². The average molecular weight is 645 g/mol. The number of allylic oxidation sites excluding steroid dienone is 8. The second kappa shape index (κ2) is 11.6. The lowest BCUT2D eigenvalue weighted by Gasteiger charge is -2.09. The Morgan fingerprint density at radius 2 is 1.18 bits per heavy atom. The molecule has 5 aromatic carbocycles. The Morgan fingerprint density at radius 3 is 1.96 bits per heavy atom. The van der Waals surface area contributed by atoms with Gasteiger partial charge in [0.2, 0.25) is 0 Å². The number of fused-ring (bicyclic) bond motifs is 6. The number of benzene rings is 5. The van der Waals surface area contributed by atoms with E-state index in [0.717, 1.165) is 76.6 Å². The van der Waals surface area contributed by atoms with Crippen LogP contribution in [0.5, 0.6) is 0 Å². The number of furan rings is 1. The highest BCUT2D eigenvalue weighted by atomic mass is 79.9. The van der Waals surface area contributed by atoms with Crippen LogP contribution in [0.1, 0.15) is 0 Å². The number of rotatable bonds is 8. The third kappa shape index (κ3) is 5.22. The largest absolute Gasteiger partial charge is 0.455 e. The summed E-state index contributed by atoms with van der Waals surface area (Å²) in [5, 5.41) is 4.63. The minimum Gasteiger partial charge on any atom is -0.455 e. The molecule has 7 aromatic rings. The van der Waals surface area contributed by atoms with Crippen molar-refractivity contribution in [1.82, 2.24) is 4.57 Å². The van der Waals surface area contributed by atoms with E-state index in [1.54, 1.807) is 0 Å². The van der Waals surface area contributed by atoms with E-state index < -0.39 is 0 Å². The molecule has 3 heteroatoms. The first-order valence-electron chi connectivity index (χ1n) is 14.7. The SMILES string of the molecule is C=C(Br)C=CC(=C)C(=C)C=CC(=C)n1c2ccccc2c2cc(-c3ccc(-c4cccc5c4oc4ccccc45)cc3)ccc21. The molecule has 45 heavy (non-hydrogen) atoms. The van der Waals surface area contributed by atoms with Crippen LogP contribution in [0, 0.1) is 0 Å². The fraction of sp³-hybridized carbons (Fsp3) is 0. The van der Waals surface area contributed by atoms with Gasteiger partial charge in [-0.3, -0.25) is 0 Å². The number of halogens is 1. The van der Waals surface area contributed by atoms with Crippen LogP contribution in [-0.4, -0.2) is 4.57 Å². The van der Waals surface area contributed by atoms with Crippen molar-refractivity contribution in [2.75, 3.05) is 0 Å². The normalized spacial score (nSPS) is 11.8. The van der Waals surface area contributed by atoms with E-state index in [1.165, 1.54) is 10.8 Å². The molecule has 0 bridgehead atoms. The van der Waals surface area contributed by atoms with Crippen LogP contribution in [0.4, 0.5) is 0 Å². The Morgan fingerprint density at radius 1 is 0.556 bits per heavy atom. The number of nitrogens with zero attached hydrogens (tertiary/aromatic N) is 1. The molecule has 0 fully saturated rings. The van der Waals surface area contributed by atoms with E-state index in [2.05, 4.69) is 144 Å². The van der Waals surface area contributed by atoms with Gasteiger partial charge in [-0.1, -0.05) is 139 Å². The van der Waals surface area contributed by atoms with Crippen LogP contribution in [0.3, 0.4) is 0 Å². The quantitative estimate of drug-likeness (QED) is 0.151. The average Bonchev–Trinajstić information content (AvgIpc) is 3.61. The van der Waals surface area contributed by atoms with Gasteiger partial charge in [0.1, 0.15) is 11.2 Å². The predicted octanol–water partition coefficient (Wildman–Crippen LogP) is 12.6. The Hall–Kier alpha value is -5.38. The molecule has 0 aliphatic heterocycles. The molecule has 7 rings (SSSR count). The third-order valence-corrected chi connectivity index (χ3v) is 8.51. The summed E-state index contributed by atoms with van der Waals surface area (Å²) in [4.78, 5) is 0.